The summed E-state index contributed by atoms with van der Waals surface area (Å²) in [6, 6.07) is 14.9. The Bertz CT molecular complexity index is 1010. The van der Waals surface area contributed by atoms with E-state index in [0.717, 1.165) is 11.3 Å². The summed E-state index contributed by atoms with van der Waals surface area (Å²) in [6.45, 7) is 1.92. The first-order valence-electron chi connectivity index (χ1n) is 9.01. The number of halogens is 1. The van der Waals surface area contributed by atoms with Crippen LogP contribution in [0.5, 0.6) is 0 Å². The van der Waals surface area contributed by atoms with Crippen molar-refractivity contribution in [2.75, 3.05) is 25.6 Å². The van der Waals surface area contributed by atoms with Crippen LogP contribution in [0.3, 0.4) is 0 Å². The number of benzene rings is 2. The summed E-state index contributed by atoms with van der Waals surface area (Å²) in [5, 5.41) is 11.6. The van der Waals surface area contributed by atoms with Crippen LogP contribution in [0.2, 0.25) is 5.02 Å². The first-order chi connectivity index (χ1) is 13.9. The second kappa shape index (κ2) is 9.20. The van der Waals surface area contributed by atoms with Crippen molar-refractivity contribution in [1.82, 2.24) is 0 Å². The van der Waals surface area contributed by atoms with Crippen LogP contribution >= 0.6 is 23.4 Å². The Hall–Kier alpha value is -2.70. The molecule has 0 aromatic heterocycles. The second-order valence-corrected chi connectivity index (χ2v) is 7.90. The van der Waals surface area contributed by atoms with Crippen molar-refractivity contribution in [1.29, 1.82) is 0 Å². The molecule has 0 unspecified atom stereocenters. The molecule has 29 heavy (non-hydrogen) atoms. The summed E-state index contributed by atoms with van der Waals surface area (Å²) in [6.07, 6.45) is 1.82. The fourth-order valence-electron chi connectivity index (χ4n) is 2.67. The molecular formula is C22H21ClN2O3S. The first-order valence-corrected chi connectivity index (χ1v) is 10.2. The molecule has 0 bridgehead atoms. The Morgan fingerprint density at radius 3 is 2.59 bits per heavy atom. The minimum atomic E-state index is -0.607. The quantitative estimate of drug-likeness (QED) is 0.628. The van der Waals surface area contributed by atoms with Crippen LogP contribution in [-0.2, 0) is 9.53 Å². The predicted molar refractivity (Wildman–Crippen MR) is 121 cm³/mol. The van der Waals surface area contributed by atoms with Crippen molar-refractivity contribution in [2.45, 2.75) is 6.92 Å². The van der Waals surface area contributed by atoms with Gasteiger partial charge in [-0.05, 0) is 48.9 Å². The Morgan fingerprint density at radius 1 is 1.24 bits per heavy atom. The van der Waals surface area contributed by atoms with Gasteiger partial charge in [0, 0.05) is 24.8 Å². The van der Waals surface area contributed by atoms with Gasteiger partial charge in [0.25, 0.3) is 0 Å². The molecule has 3 rings (SSSR count). The Balaban J connectivity index is 2.00. The lowest BCUT2D eigenvalue weighted by atomic mass is 10.1. The Morgan fingerprint density at radius 2 is 1.97 bits per heavy atom. The average Bonchev–Trinajstić information content (AvgIpc) is 2.97. The molecule has 1 aliphatic heterocycles. The van der Waals surface area contributed by atoms with E-state index in [0.29, 0.717) is 20.7 Å². The zero-order valence-corrected chi connectivity index (χ0v) is 17.9. The molecule has 0 fully saturated rings. The van der Waals surface area contributed by atoms with Gasteiger partial charge in [-0.15, -0.1) is 0 Å². The molecule has 150 valence electrons. The lowest BCUT2D eigenvalue weighted by molar-refractivity contribution is -0.138. The summed E-state index contributed by atoms with van der Waals surface area (Å²) >= 11 is 7.25. The van der Waals surface area contributed by atoms with Crippen LogP contribution in [0.4, 0.5) is 11.4 Å². The van der Waals surface area contributed by atoms with E-state index in [2.05, 4.69) is 4.99 Å². The highest BCUT2D eigenvalue weighted by Crippen LogP contribution is 2.40. The lowest BCUT2D eigenvalue weighted by Gasteiger charge is -2.11. The van der Waals surface area contributed by atoms with Crippen LogP contribution in [0.1, 0.15) is 12.5 Å². The molecule has 7 heteroatoms. The summed E-state index contributed by atoms with van der Waals surface area (Å²) in [4.78, 5) is 19.5. The highest BCUT2D eigenvalue weighted by Gasteiger charge is 2.33. The molecule has 0 aliphatic carbocycles. The number of ether oxygens (including phenoxy) is 1. The van der Waals surface area contributed by atoms with Crippen molar-refractivity contribution in [3.05, 3.63) is 75.4 Å². The van der Waals surface area contributed by atoms with Crippen molar-refractivity contribution in [3.63, 3.8) is 0 Å². The smallest absolute Gasteiger partial charge is 0.344 e. The number of hydrogen-bond acceptors (Lipinski definition) is 6. The highest BCUT2D eigenvalue weighted by atomic mass is 35.5. The van der Waals surface area contributed by atoms with E-state index >= 15 is 0 Å². The van der Waals surface area contributed by atoms with Crippen LogP contribution in [0, 0.1) is 0 Å². The van der Waals surface area contributed by atoms with E-state index in [4.69, 9.17) is 16.3 Å². The number of carbonyl (C=O) groups excluding carboxylic acids is 1. The summed E-state index contributed by atoms with van der Waals surface area (Å²) in [5.74, 6) is -0.740. The normalized spacial score (nSPS) is 16.6. The molecule has 0 radical (unpaired) electrons. The van der Waals surface area contributed by atoms with Crippen molar-refractivity contribution in [3.8, 4) is 0 Å². The minimum absolute atomic E-state index is 0.0630. The molecule has 0 saturated heterocycles. The number of nitrogens with zero attached hydrogens (tertiary/aromatic N) is 2. The summed E-state index contributed by atoms with van der Waals surface area (Å²) in [5.41, 5.74) is 2.62. The molecule has 2 aromatic carbocycles. The van der Waals surface area contributed by atoms with Gasteiger partial charge in [-0.2, -0.15) is 0 Å². The predicted octanol–water partition coefficient (Wildman–Crippen LogP) is 5.60. The van der Waals surface area contributed by atoms with Gasteiger partial charge in [0.2, 0.25) is 0 Å². The lowest BCUT2D eigenvalue weighted by Crippen LogP contribution is -2.12. The number of carbonyl (C=O) groups is 1. The topological polar surface area (TPSA) is 62.1 Å². The second-order valence-electron chi connectivity index (χ2n) is 6.44. The Kier molecular flexibility index (Phi) is 6.67. The molecule has 1 N–H and O–H groups in total. The van der Waals surface area contributed by atoms with Gasteiger partial charge >= 0.3 is 5.97 Å². The molecule has 5 nitrogen and oxygen atoms in total. The van der Waals surface area contributed by atoms with Crippen LogP contribution < -0.4 is 4.90 Å². The fraction of sp³-hybridized carbons (Fsp3) is 0.182. The van der Waals surface area contributed by atoms with Gasteiger partial charge < -0.3 is 14.7 Å². The van der Waals surface area contributed by atoms with Gasteiger partial charge in [0.15, 0.2) is 0 Å². The number of hydrogen-bond donors (Lipinski definition) is 1. The van der Waals surface area contributed by atoms with Crippen LogP contribution in [-0.4, -0.2) is 36.8 Å². The van der Waals surface area contributed by atoms with Gasteiger partial charge in [-0.3, -0.25) is 0 Å². The van der Waals surface area contributed by atoms with Gasteiger partial charge in [-0.25, -0.2) is 9.79 Å². The highest BCUT2D eigenvalue weighted by molar-refractivity contribution is 8.18. The van der Waals surface area contributed by atoms with Crippen molar-refractivity contribution < 1.29 is 14.6 Å². The number of thioether (sulfide) groups is 1. The standard InChI is InChI=1S/C22H21ClN2O3S/c1-4-28-22(27)19-20(26)18(12-14-8-10-17(11-9-14)25(2)3)29-21(19)24-16-7-5-6-15(23)13-16/h5-13,26H,4H2,1-3H3. The number of rotatable bonds is 5. The monoisotopic (exact) mass is 428 g/mol. The van der Waals surface area contributed by atoms with E-state index < -0.39 is 5.97 Å². The van der Waals surface area contributed by atoms with Gasteiger partial charge in [0.05, 0.1) is 17.2 Å². The summed E-state index contributed by atoms with van der Waals surface area (Å²) < 4.78 is 5.12. The number of aliphatic hydroxyl groups is 1. The average molecular weight is 429 g/mol. The van der Waals surface area contributed by atoms with Gasteiger partial charge in [0.1, 0.15) is 16.4 Å². The zero-order valence-electron chi connectivity index (χ0n) is 16.3. The van der Waals surface area contributed by atoms with E-state index in [9.17, 15) is 9.90 Å². The molecule has 1 heterocycles. The fourth-order valence-corrected chi connectivity index (χ4v) is 3.89. The number of aliphatic hydroxyl groups excluding tert-OH is 1. The number of aliphatic imine (C=N–C) groups is 1. The number of anilines is 1. The molecule has 0 atom stereocenters. The largest absolute Gasteiger partial charge is 0.506 e. The third-order valence-electron chi connectivity index (χ3n) is 4.12. The Labute approximate surface area is 179 Å². The van der Waals surface area contributed by atoms with Gasteiger partial charge in [-0.1, -0.05) is 41.6 Å². The van der Waals surface area contributed by atoms with Crippen LogP contribution in [0.15, 0.2) is 69.8 Å². The first kappa shape index (κ1) is 21.0. The third kappa shape index (κ3) is 5.02. The molecule has 0 amide bonds. The molecule has 2 aromatic rings. The minimum Gasteiger partial charge on any atom is -0.506 e. The van der Waals surface area contributed by atoms with E-state index in [1.165, 1.54) is 11.8 Å². The molecular weight excluding hydrogens is 408 g/mol. The number of esters is 1. The van der Waals surface area contributed by atoms with E-state index in [1.807, 2.05) is 49.3 Å². The third-order valence-corrected chi connectivity index (χ3v) is 5.37. The maximum Gasteiger partial charge on any atom is 0.344 e. The van der Waals surface area contributed by atoms with E-state index in [-0.39, 0.29) is 17.9 Å². The SMILES string of the molecule is CCOC(=O)C1=C(O)C(=Cc2ccc(N(C)C)cc2)SC1=Nc1cccc(Cl)c1. The van der Waals surface area contributed by atoms with Crippen LogP contribution in [0.25, 0.3) is 6.08 Å². The molecule has 1 aliphatic rings. The van der Waals surface area contributed by atoms with Crippen molar-refractivity contribution >= 4 is 51.8 Å². The zero-order chi connectivity index (χ0) is 21.0. The maximum atomic E-state index is 12.4. The molecule has 0 saturated carbocycles. The van der Waals surface area contributed by atoms with Crippen molar-refractivity contribution in [2.24, 2.45) is 4.99 Å². The maximum absolute atomic E-state index is 12.4. The molecule has 0 spiro atoms. The van der Waals surface area contributed by atoms with E-state index in [1.54, 1.807) is 31.2 Å². The summed E-state index contributed by atoms with van der Waals surface area (Å²) in [7, 11) is 3.94.